The molecule has 3 heteroatoms. The number of nitrogens with one attached hydrogen (secondary N) is 1. The highest BCUT2D eigenvalue weighted by atomic mass is 15.4. The molecule has 0 amide bonds. The van der Waals surface area contributed by atoms with E-state index in [2.05, 4.69) is 22.2 Å². The van der Waals surface area contributed by atoms with Gasteiger partial charge in [0.1, 0.15) is 0 Å². The standard InChI is InChI=1S/C9H19N3/c1-11-7-4-10-8-9(11)12-5-2-3-6-12/h9-10H,2-8H2,1H3. The van der Waals surface area contributed by atoms with Gasteiger partial charge < -0.3 is 5.32 Å². The van der Waals surface area contributed by atoms with Crippen molar-refractivity contribution in [3.63, 3.8) is 0 Å². The molecule has 0 aliphatic carbocycles. The molecule has 3 nitrogen and oxygen atoms in total. The van der Waals surface area contributed by atoms with Crippen LogP contribution in [0.5, 0.6) is 0 Å². The molecule has 0 aromatic rings. The van der Waals surface area contributed by atoms with Crippen molar-refractivity contribution in [2.75, 3.05) is 39.8 Å². The highest BCUT2D eigenvalue weighted by Crippen LogP contribution is 2.14. The molecule has 2 aliphatic heterocycles. The quantitative estimate of drug-likeness (QED) is 0.593. The summed E-state index contributed by atoms with van der Waals surface area (Å²) in [4.78, 5) is 5.08. The molecule has 2 heterocycles. The van der Waals surface area contributed by atoms with E-state index in [1.54, 1.807) is 0 Å². The van der Waals surface area contributed by atoms with Crippen molar-refractivity contribution in [3.8, 4) is 0 Å². The molecule has 0 aromatic carbocycles. The summed E-state index contributed by atoms with van der Waals surface area (Å²) in [5, 5.41) is 3.46. The average Bonchev–Trinajstić information content (AvgIpc) is 2.57. The van der Waals surface area contributed by atoms with Crippen LogP contribution in [0.2, 0.25) is 0 Å². The molecule has 2 aliphatic rings. The van der Waals surface area contributed by atoms with Gasteiger partial charge in [0.05, 0.1) is 6.17 Å². The Labute approximate surface area is 74.7 Å². The van der Waals surface area contributed by atoms with E-state index in [0.29, 0.717) is 6.17 Å². The van der Waals surface area contributed by atoms with E-state index in [9.17, 15) is 0 Å². The van der Waals surface area contributed by atoms with Crippen molar-refractivity contribution in [2.24, 2.45) is 0 Å². The predicted molar refractivity (Wildman–Crippen MR) is 50.1 cm³/mol. The van der Waals surface area contributed by atoms with Crippen LogP contribution in [0.1, 0.15) is 12.8 Å². The third-order valence-corrected chi connectivity index (χ3v) is 3.04. The molecule has 2 saturated heterocycles. The summed E-state index contributed by atoms with van der Waals surface area (Å²) in [6.45, 7) is 6.10. The molecular formula is C9H19N3. The SMILES string of the molecule is CN1CCNCC1N1CCCC1. The summed E-state index contributed by atoms with van der Waals surface area (Å²) in [5.74, 6) is 0. The van der Waals surface area contributed by atoms with Crippen LogP contribution >= 0.6 is 0 Å². The van der Waals surface area contributed by atoms with E-state index in [0.717, 1.165) is 13.1 Å². The molecular weight excluding hydrogens is 150 g/mol. The summed E-state index contributed by atoms with van der Waals surface area (Å²) in [5.41, 5.74) is 0. The first-order valence-electron chi connectivity index (χ1n) is 5.03. The van der Waals surface area contributed by atoms with Crippen molar-refractivity contribution < 1.29 is 0 Å². The van der Waals surface area contributed by atoms with Gasteiger partial charge in [-0.3, -0.25) is 9.80 Å². The topological polar surface area (TPSA) is 18.5 Å². The molecule has 12 heavy (non-hydrogen) atoms. The van der Waals surface area contributed by atoms with Crippen LogP contribution in [-0.2, 0) is 0 Å². The van der Waals surface area contributed by atoms with Gasteiger partial charge in [0, 0.05) is 19.6 Å². The van der Waals surface area contributed by atoms with Crippen LogP contribution in [0, 0.1) is 0 Å². The maximum atomic E-state index is 3.46. The second-order valence-electron chi connectivity index (χ2n) is 3.91. The Morgan fingerprint density at radius 1 is 1.17 bits per heavy atom. The number of piperazine rings is 1. The fraction of sp³-hybridized carbons (Fsp3) is 1.00. The second kappa shape index (κ2) is 3.73. The Hall–Kier alpha value is -0.120. The maximum Gasteiger partial charge on any atom is 0.0749 e. The average molecular weight is 169 g/mol. The molecule has 2 rings (SSSR count). The number of hydrogen-bond acceptors (Lipinski definition) is 3. The predicted octanol–water partition coefficient (Wildman–Crippen LogP) is -0.0567. The Kier molecular flexibility index (Phi) is 2.63. The Morgan fingerprint density at radius 2 is 1.92 bits per heavy atom. The van der Waals surface area contributed by atoms with Crippen molar-refractivity contribution in [2.45, 2.75) is 19.0 Å². The first-order chi connectivity index (χ1) is 5.88. The van der Waals surface area contributed by atoms with Crippen LogP contribution in [-0.4, -0.2) is 55.7 Å². The highest BCUT2D eigenvalue weighted by molar-refractivity contribution is 4.80. The van der Waals surface area contributed by atoms with E-state index in [1.807, 2.05) is 0 Å². The van der Waals surface area contributed by atoms with Crippen molar-refractivity contribution in [1.29, 1.82) is 0 Å². The van der Waals surface area contributed by atoms with Crippen molar-refractivity contribution in [1.82, 2.24) is 15.1 Å². The minimum absolute atomic E-state index is 0.668. The molecule has 1 N–H and O–H groups in total. The second-order valence-corrected chi connectivity index (χ2v) is 3.91. The zero-order chi connectivity index (χ0) is 8.39. The lowest BCUT2D eigenvalue weighted by Gasteiger charge is -2.39. The summed E-state index contributed by atoms with van der Waals surface area (Å²) < 4.78 is 0. The summed E-state index contributed by atoms with van der Waals surface area (Å²) in [7, 11) is 2.24. The van der Waals surface area contributed by atoms with Gasteiger partial charge in [-0.2, -0.15) is 0 Å². The lowest BCUT2D eigenvalue weighted by Crippen LogP contribution is -2.56. The largest absolute Gasteiger partial charge is 0.313 e. The lowest BCUT2D eigenvalue weighted by atomic mass is 10.3. The molecule has 1 unspecified atom stereocenters. The van der Waals surface area contributed by atoms with Crippen LogP contribution in [0.3, 0.4) is 0 Å². The number of likely N-dealkylation sites (tertiary alicyclic amines) is 1. The highest BCUT2D eigenvalue weighted by Gasteiger charge is 2.26. The van der Waals surface area contributed by atoms with Gasteiger partial charge in [0.15, 0.2) is 0 Å². The lowest BCUT2D eigenvalue weighted by molar-refractivity contribution is 0.0605. The Bertz CT molecular complexity index is 143. The molecule has 0 saturated carbocycles. The Balaban J connectivity index is 1.91. The van der Waals surface area contributed by atoms with E-state index in [4.69, 9.17) is 0 Å². The van der Waals surface area contributed by atoms with Gasteiger partial charge in [-0.15, -0.1) is 0 Å². The third-order valence-electron chi connectivity index (χ3n) is 3.04. The van der Waals surface area contributed by atoms with Crippen molar-refractivity contribution in [3.05, 3.63) is 0 Å². The normalized spacial score (nSPS) is 34.2. The monoisotopic (exact) mass is 169 g/mol. The zero-order valence-electron chi connectivity index (χ0n) is 7.92. The van der Waals surface area contributed by atoms with Crippen LogP contribution in [0.4, 0.5) is 0 Å². The fourth-order valence-corrected chi connectivity index (χ4v) is 2.24. The number of rotatable bonds is 1. The van der Waals surface area contributed by atoms with E-state index in [-0.39, 0.29) is 0 Å². The summed E-state index contributed by atoms with van der Waals surface area (Å²) in [6, 6.07) is 0. The van der Waals surface area contributed by atoms with E-state index < -0.39 is 0 Å². The van der Waals surface area contributed by atoms with Crippen molar-refractivity contribution >= 4 is 0 Å². The summed E-state index contributed by atoms with van der Waals surface area (Å²) >= 11 is 0. The first-order valence-corrected chi connectivity index (χ1v) is 5.03. The van der Waals surface area contributed by atoms with Gasteiger partial charge in [-0.1, -0.05) is 0 Å². The molecule has 0 aromatic heterocycles. The third kappa shape index (κ3) is 1.63. The van der Waals surface area contributed by atoms with Crippen LogP contribution in [0.25, 0.3) is 0 Å². The smallest absolute Gasteiger partial charge is 0.0749 e. The maximum absolute atomic E-state index is 3.46. The number of likely N-dealkylation sites (N-methyl/N-ethyl adjacent to an activating group) is 1. The van der Waals surface area contributed by atoms with Crippen LogP contribution in [0.15, 0.2) is 0 Å². The molecule has 2 fully saturated rings. The Morgan fingerprint density at radius 3 is 2.58 bits per heavy atom. The minimum Gasteiger partial charge on any atom is -0.313 e. The van der Waals surface area contributed by atoms with Gasteiger partial charge in [-0.05, 0) is 33.0 Å². The van der Waals surface area contributed by atoms with E-state index in [1.165, 1.54) is 32.5 Å². The van der Waals surface area contributed by atoms with Gasteiger partial charge in [0.2, 0.25) is 0 Å². The van der Waals surface area contributed by atoms with Gasteiger partial charge in [0.25, 0.3) is 0 Å². The van der Waals surface area contributed by atoms with E-state index >= 15 is 0 Å². The zero-order valence-corrected chi connectivity index (χ0v) is 7.92. The fourth-order valence-electron chi connectivity index (χ4n) is 2.24. The minimum atomic E-state index is 0.668. The first kappa shape index (κ1) is 8.48. The van der Waals surface area contributed by atoms with Gasteiger partial charge in [-0.25, -0.2) is 0 Å². The number of nitrogens with zero attached hydrogens (tertiary/aromatic N) is 2. The summed E-state index contributed by atoms with van der Waals surface area (Å²) in [6.07, 6.45) is 3.45. The van der Waals surface area contributed by atoms with Gasteiger partial charge >= 0.3 is 0 Å². The molecule has 0 bridgehead atoms. The van der Waals surface area contributed by atoms with Crippen LogP contribution < -0.4 is 5.32 Å². The molecule has 0 radical (unpaired) electrons. The molecule has 70 valence electrons. The number of hydrogen-bond donors (Lipinski definition) is 1. The molecule has 0 spiro atoms. The molecule has 1 atom stereocenters.